The lowest BCUT2D eigenvalue weighted by Gasteiger charge is -2.41. The summed E-state index contributed by atoms with van der Waals surface area (Å²) in [5, 5.41) is 8.84. The molecular formula is C46H28BN3. The number of para-hydroxylation sites is 3. The molecule has 10 aromatic rings. The Morgan fingerprint density at radius 3 is 2.06 bits per heavy atom. The van der Waals surface area contributed by atoms with Crippen molar-refractivity contribution in [1.82, 2.24) is 9.05 Å². The highest BCUT2D eigenvalue weighted by Gasteiger charge is 2.44. The highest BCUT2D eigenvalue weighted by molar-refractivity contribution is 6.90. The third-order valence-electron chi connectivity index (χ3n) is 11.3. The molecule has 0 N–H and O–H groups in total. The Kier molecular flexibility index (Phi) is 5.05. The zero-order chi connectivity index (χ0) is 32.5. The van der Waals surface area contributed by atoms with Crippen LogP contribution >= 0.6 is 0 Å². The van der Waals surface area contributed by atoms with E-state index in [2.05, 4.69) is 184 Å². The quantitative estimate of drug-likeness (QED) is 0.173. The second-order valence-electron chi connectivity index (χ2n) is 13.7. The summed E-state index contributed by atoms with van der Waals surface area (Å²) in [6, 6.07) is 60.7. The van der Waals surface area contributed by atoms with Gasteiger partial charge in [0.2, 0.25) is 0 Å². The average Bonchev–Trinajstić information content (AvgIpc) is 3.76. The van der Waals surface area contributed by atoms with Gasteiger partial charge >= 0.3 is 6.85 Å². The van der Waals surface area contributed by atoms with E-state index in [1.54, 1.807) is 0 Å². The van der Waals surface area contributed by atoms with Gasteiger partial charge in [-0.3, -0.25) is 0 Å². The van der Waals surface area contributed by atoms with Crippen molar-refractivity contribution in [3.63, 3.8) is 0 Å². The molecule has 0 radical (unpaired) electrons. The summed E-state index contributed by atoms with van der Waals surface area (Å²) < 4.78 is 5.01. The van der Waals surface area contributed by atoms with Gasteiger partial charge in [0.1, 0.15) is 0 Å². The monoisotopic (exact) mass is 633 g/mol. The van der Waals surface area contributed by atoms with Gasteiger partial charge in [-0.1, -0.05) is 121 Å². The molecule has 0 unspecified atom stereocenters. The molecule has 0 spiro atoms. The number of aromatic nitrogens is 2. The zero-order valence-corrected chi connectivity index (χ0v) is 27.1. The summed E-state index contributed by atoms with van der Waals surface area (Å²) in [4.78, 5) is 2.59. The molecule has 4 heterocycles. The molecule has 4 heteroatoms. The molecule has 12 rings (SSSR count). The average molecular weight is 634 g/mol. The maximum atomic E-state index is 2.65. The van der Waals surface area contributed by atoms with Gasteiger partial charge in [0, 0.05) is 55.7 Å². The molecule has 50 heavy (non-hydrogen) atoms. The molecule has 0 fully saturated rings. The smallest absolute Gasteiger partial charge is 0.333 e. The van der Waals surface area contributed by atoms with Crippen LogP contribution in [0.4, 0.5) is 17.1 Å². The van der Waals surface area contributed by atoms with E-state index in [-0.39, 0.29) is 6.85 Å². The number of nitrogens with zero attached hydrogens (tertiary/aromatic N) is 3. The fourth-order valence-corrected chi connectivity index (χ4v) is 9.22. The second-order valence-corrected chi connectivity index (χ2v) is 13.7. The van der Waals surface area contributed by atoms with Crippen LogP contribution in [-0.4, -0.2) is 15.9 Å². The molecule has 2 aliphatic rings. The van der Waals surface area contributed by atoms with Crippen LogP contribution in [0.5, 0.6) is 0 Å². The molecule has 0 bridgehead atoms. The Morgan fingerprint density at radius 2 is 1.16 bits per heavy atom. The zero-order valence-electron chi connectivity index (χ0n) is 27.1. The molecule has 0 saturated heterocycles. The lowest BCUT2D eigenvalue weighted by atomic mass is 9.44. The van der Waals surface area contributed by atoms with Gasteiger partial charge in [0.25, 0.3) is 0 Å². The Labute approximate surface area is 288 Å². The van der Waals surface area contributed by atoms with Crippen LogP contribution in [0.15, 0.2) is 170 Å². The summed E-state index contributed by atoms with van der Waals surface area (Å²) in [7, 11) is 0. The van der Waals surface area contributed by atoms with Crippen LogP contribution in [0.3, 0.4) is 0 Å². The second kappa shape index (κ2) is 9.55. The van der Waals surface area contributed by atoms with Crippen molar-refractivity contribution in [2.24, 2.45) is 0 Å². The normalized spacial score (nSPS) is 13.1. The number of fused-ring (bicyclic) bond motifs is 12. The summed E-state index contributed by atoms with van der Waals surface area (Å²) in [6.07, 6.45) is 2.25. The molecule has 0 atom stereocenters. The maximum Gasteiger partial charge on any atom is 0.333 e. The molecular weight excluding hydrogens is 605 g/mol. The van der Waals surface area contributed by atoms with E-state index in [1.807, 2.05) is 0 Å². The fourth-order valence-electron chi connectivity index (χ4n) is 9.22. The predicted molar refractivity (Wildman–Crippen MR) is 212 cm³/mol. The van der Waals surface area contributed by atoms with Crippen LogP contribution in [0, 0.1) is 0 Å². The Morgan fingerprint density at radius 1 is 0.420 bits per heavy atom. The maximum absolute atomic E-state index is 2.65. The number of hydrogen-bond donors (Lipinski definition) is 0. The molecule has 0 aliphatic carbocycles. The fraction of sp³-hybridized carbons (Fsp3) is 0. The number of anilines is 3. The number of benzene rings is 8. The van der Waals surface area contributed by atoms with Crippen LogP contribution in [0.2, 0.25) is 0 Å². The lowest BCUT2D eigenvalue weighted by Crippen LogP contribution is -2.56. The minimum Gasteiger partial charge on any atom is -0.375 e. The molecule has 0 amide bonds. The Hall–Kier alpha value is -6.52. The van der Waals surface area contributed by atoms with E-state index in [0.717, 1.165) is 5.69 Å². The van der Waals surface area contributed by atoms with Gasteiger partial charge in [-0.05, 0) is 75.1 Å². The SMILES string of the molecule is c1ccc(-n2ccc3c4c5c(cc32)-c2cccc3c6ccccc6n(c23)B5c2ccc3ccccc3c2N4c2ccc3ccccc3c2)cc1. The van der Waals surface area contributed by atoms with Gasteiger partial charge in [-0.2, -0.15) is 0 Å². The van der Waals surface area contributed by atoms with Crippen LogP contribution in [0.1, 0.15) is 0 Å². The van der Waals surface area contributed by atoms with Crippen LogP contribution < -0.4 is 15.8 Å². The van der Waals surface area contributed by atoms with E-state index in [9.17, 15) is 0 Å². The van der Waals surface area contributed by atoms with E-state index in [0.29, 0.717) is 0 Å². The standard InChI is InChI=1S/C46H28BN3/c1-2-14-32(15-3-1)48-26-25-38-42(48)28-39-37-19-10-18-36-35-17-8-9-20-41(35)50(44(36)37)47-40-24-22-30-12-6-7-16-34(30)45(40)49(46(38)43(39)47)33-23-21-29-11-4-5-13-31(29)27-33/h1-28H. The topological polar surface area (TPSA) is 13.1 Å². The van der Waals surface area contributed by atoms with Gasteiger partial charge in [0.05, 0.1) is 16.9 Å². The van der Waals surface area contributed by atoms with Gasteiger partial charge in [-0.15, -0.1) is 0 Å². The van der Waals surface area contributed by atoms with Crippen molar-refractivity contribution >= 4 is 89.1 Å². The molecule has 230 valence electrons. The number of rotatable bonds is 2. The van der Waals surface area contributed by atoms with Crippen LogP contribution in [0.25, 0.3) is 71.1 Å². The predicted octanol–water partition coefficient (Wildman–Crippen LogP) is 10.5. The highest BCUT2D eigenvalue weighted by Crippen LogP contribution is 2.49. The molecule has 0 saturated carbocycles. The van der Waals surface area contributed by atoms with Gasteiger partial charge in [-0.25, -0.2) is 0 Å². The molecule has 2 aliphatic heterocycles. The van der Waals surface area contributed by atoms with Crippen molar-refractivity contribution < 1.29 is 0 Å². The van der Waals surface area contributed by atoms with E-state index in [1.165, 1.54) is 93.4 Å². The minimum atomic E-state index is -0.00177. The summed E-state index contributed by atoms with van der Waals surface area (Å²) >= 11 is 0. The van der Waals surface area contributed by atoms with E-state index >= 15 is 0 Å². The third-order valence-corrected chi connectivity index (χ3v) is 11.3. The Balaban J connectivity index is 1.32. The van der Waals surface area contributed by atoms with Gasteiger partial charge in [0.15, 0.2) is 0 Å². The first-order valence-corrected chi connectivity index (χ1v) is 17.4. The first kappa shape index (κ1) is 26.4. The third kappa shape index (κ3) is 3.30. The summed E-state index contributed by atoms with van der Waals surface area (Å²) in [6.45, 7) is -0.00177. The van der Waals surface area contributed by atoms with Crippen molar-refractivity contribution in [3.05, 3.63) is 170 Å². The van der Waals surface area contributed by atoms with Crippen molar-refractivity contribution in [1.29, 1.82) is 0 Å². The summed E-state index contributed by atoms with van der Waals surface area (Å²) in [5.41, 5.74) is 13.9. The van der Waals surface area contributed by atoms with Crippen molar-refractivity contribution in [3.8, 4) is 16.8 Å². The summed E-state index contributed by atoms with van der Waals surface area (Å²) in [5.74, 6) is 0. The van der Waals surface area contributed by atoms with Crippen molar-refractivity contribution in [2.45, 2.75) is 0 Å². The first-order chi connectivity index (χ1) is 24.8. The number of hydrogen-bond acceptors (Lipinski definition) is 1. The van der Waals surface area contributed by atoms with Crippen molar-refractivity contribution in [2.75, 3.05) is 4.90 Å². The van der Waals surface area contributed by atoms with Crippen LogP contribution in [-0.2, 0) is 0 Å². The largest absolute Gasteiger partial charge is 0.375 e. The van der Waals surface area contributed by atoms with E-state index in [4.69, 9.17) is 0 Å². The first-order valence-electron chi connectivity index (χ1n) is 17.4. The van der Waals surface area contributed by atoms with E-state index < -0.39 is 0 Å². The molecule has 3 nitrogen and oxygen atoms in total. The lowest BCUT2D eigenvalue weighted by molar-refractivity contribution is 1.13. The van der Waals surface area contributed by atoms with Gasteiger partial charge < -0.3 is 13.9 Å². The highest BCUT2D eigenvalue weighted by atomic mass is 15.2. The minimum absolute atomic E-state index is 0.00177. The molecule has 8 aromatic carbocycles. The molecule has 2 aromatic heterocycles. The Bertz CT molecular complexity index is 3060.